The van der Waals surface area contributed by atoms with Gasteiger partial charge >= 0.3 is 0 Å². The third kappa shape index (κ3) is 3.46. The Kier molecular flexibility index (Phi) is 3.78. The second kappa shape index (κ2) is 5.50. The van der Waals surface area contributed by atoms with E-state index in [2.05, 4.69) is 20.5 Å². The number of nitrogens with zero attached hydrogens (tertiary/aromatic N) is 3. The molecule has 0 saturated heterocycles. The normalized spacial score (nSPS) is 10.8. The largest absolute Gasteiger partial charge is 0.260 e. The van der Waals surface area contributed by atoms with Crippen molar-refractivity contribution in [3.8, 4) is 0 Å². The fourth-order valence-corrected chi connectivity index (χ4v) is 1.37. The first-order chi connectivity index (χ1) is 8.63. The minimum Gasteiger partial charge on any atom is -0.260 e. The van der Waals surface area contributed by atoms with Crippen LogP contribution in [0.5, 0.6) is 0 Å². The van der Waals surface area contributed by atoms with Gasteiger partial charge < -0.3 is 0 Å². The van der Waals surface area contributed by atoms with Crippen molar-refractivity contribution in [2.45, 2.75) is 0 Å². The smallest absolute Gasteiger partial charge is 0.166 e. The second-order valence-electron chi connectivity index (χ2n) is 3.30. The molecule has 18 heavy (non-hydrogen) atoms. The van der Waals surface area contributed by atoms with Gasteiger partial charge in [-0.1, -0.05) is 11.6 Å². The summed E-state index contributed by atoms with van der Waals surface area (Å²) in [5.41, 5.74) is 2.83. The first kappa shape index (κ1) is 12.4. The lowest BCUT2D eigenvalue weighted by Crippen LogP contribution is -1.95. The highest BCUT2D eigenvalue weighted by atomic mass is 35.5. The van der Waals surface area contributed by atoms with Crippen molar-refractivity contribution in [1.29, 1.82) is 0 Å². The summed E-state index contributed by atoms with van der Waals surface area (Å²) in [5.74, 6) is -1.01. The molecule has 1 aromatic heterocycles. The van der Waals surface area contributed by atoms with Gasteiger partial charge in [0.2, 0.25) is 0 Å². The Morgan fingerprint density at radius 3 is 2.56 bits per heavy atom. The number of benzene rings is 1. The molecule has 0 bridgehead atoms. The molecule has 4 nitrogen and oxygen atoms in total. The molecule has 0 aliphatic rings. The van der Waals surface area contributed by atoms with E-state index in [0.29, 0.717) is 5.82 Å². The Labute approximate surface area is 106 Å². The summed E-state index contributed by atoms with van der Waals surface area (Å²) >= 11 is 5.62. The number of halogens is 3. The van der Waals surface area contributed by atoms with Gasteiger partial charge in [-0.05, 0) is 12.1 Å². The van der Waals surface area contributed by atoms with E-state index in [1.165, 1.54) is 18.6 Å². The average Bonchev–Trinajstić information content (AvgIpc) is 2.27. The molecule has 0 radical (unpaired) electrons. The molecular formula is C11H7ClF2N4. The zero-order chi connectivity index (χ0) is 13.0. The molecule has 1 aromatic carbocycles. The Balaban J connectivity index is 2.07. The van der Waals surface area contributed by atoms with Gasteiger partial charge in [-0.25, -0.2) is 13.8 Å². The lowest BCUT2D eigenvalue weighted by Gasteiger charge is -1.98. The van der Waals surface area contributed by atoms with E-state index in [1.54, 1.807) is 0 Å². The highest BCUT2D eigenvalue weighted by Crippen LogP contribution is 2.08. The van der Waals surface area contributed by atoms with Gasteiger partial charge in [0.25, 0.3) is 0 Å². The van der Waals surface area contributed by atoms with E-state index in [9.17, 15) is 8.78 Å². The number of rotatable bonds is 3. The van der Waals surface area contributed by atoms with Crippen LogP contribution in [-0.4, -0.2) is 16.2 Å². The van der Waals surface area contributed by atoms with Crippen LogP contribution in [0.4, 0.5) is 14.6 Å². The van der Waals surface area contributed by atoms with Crippen LogP contribution in [0.3, 0.4) is 0 Å². The van der Waals surface area contributed by atoms with Gasteiger partial charge in [0.05, 0.1) is 18.6 Å². The second-order valence-corrected chi connectivity index (χ2v) is 3.69. The molecule has 0 atom stereocenters. The minimum atomic E-state index is -0.668. The first-order valence-electron chi connectivity index (χ1n) is 4.86. The maximum atomic E-state index is 12.9. The first-order valence-corrected chi connectivity index (χ1v) is 5.24. The molecule has 1 N–H and O–H groups in total. The summed E-state index contributed by atoms with van der Waals surface area (Å²) in [6.07, 6.45) is 4.04. The lowest BCUT2D eigenvalue weighted by atomic mass is 10.2. The predicted molar refractivity (Wildman–Crippen MR) is 64.6 cm³/mol. The van der Waals surface area contributed by atoms with Crippen molar-refractivity contribution < 1.29 is 8.78 Å². The van der Waals surface area contributed by atoms with E-state index >= 15 is 0 Å². The van der Waals surface area contributed by atoms with E-state index in [-0.39, 0.29) is 10.7 Å². The van der Waals surface area contributed by atoms with Gasteiger partial charge in [-0.3, -0.25) is 10.4 Å². The molecular weight excluding hydrogens is 262 g/mol. The van der Waals surface area contributed by atoms with Crippen LogP contribution in [0.25, 0.3) is 0 Å². The van der Waals surface area contributed by atoms with Gasteiger partial charge in [0.1, 0.15) is 16.8 Å². The third-order valence-electron chi connectivity index (χ3n) is 1.88. The highest BCUT2D eigenvalue weighted by molar-refractivity contribution is 6.29. The van der Waals surface area contributed by atoms with Crippen molar-refractivity contribution >= 4 is 23.6 Å². The number of hydrogen-bond acceptors (Lipinski definition) is 4. The topological polar surface area (TPSA) is 50.2 Å². The van der Waals surface area contributed by atoms with Gasteiger partial charge in [0, 0.05) is 11.6 Å². The molecule has 0 aliphatic heterocycles. The number of hydrazone groups is 1. The van der Waals surface area contributed by atoms with Crippen molar-refractivity contribution in [2.75, 3.05) is 5.43 Å². The molecule has 7 heteroatoms. The molecule has 0 amide bonds. The number of aromatic nitrogens is 2. The Morgan fingerprint density at radius 1 is 1.17 bits per heavy atom. The van der Waals surface area contributed by atoms with Gasteiger partial charge in [-0.15, -0.1) is 0 Å². The zero-order valence-corrected chi connectivity index (χ0v) is 9.70. The molecule has 0 spiro atoms. The van der Waals surface area contributed by atoms with Crippen LogP contribution >= 0.6 is 11.6 Å². The zero-order valence-electron chi connectivity index (χ0n) is 8.94. The van der Waals surface area contributed by atoms with E-state index in [4.69, 9.17) is 11.6 Å². The fourth-order valence-electron chi connectivity index (χ4n) is 1.22. The third-order valence-corrected chi connectivity index (χ3v) is 2.06. The molecule has 2 rings (SSSR count). The van der Waals surface area contributed by atoms with Crippen LogP contribution in [0.2, 0.25) is 5.15 Å². The van der Waals surface area contributed by atoms with E-state index in [1.807, 2.05) is 0 Å². The van der Waals surface area contributed by atoms with Crippen LogP contribution < -0.4 is 5.43 Å². The van der Waals surface area contributed by atoms with Crippen molar-refractivity contribution in [3.05, 3.63) is 52.9 Å². The minimum absolute atomic E-state index is 0.215. The van der Waals surface area contributed by atoms with Crippen molar-refractivity contribution in [3.63, 3.8) is 0 Å². The molecule has 0 saturated carbocycles. The quantitative estimate of drug-likeness (QED) is 0.688. The standard InChI is InChI=1S/C11H7ClF2N4/c12-10-5-15-6-11(17-10)18-16-4-7-1-8(13)3-9(14)2-7/h1-6H,(H,17,18)/b16-4+. The summed E-state index contributed by atoms with van der Waals surface area (Å²) < 4.78 is 25.7. The van der Waals surface area contributed by atoms with Crippen LogP contribution in [0, 0.1) is 11.6 Å². The Bertz CT molecular complexity index is 569. The monoisotopic (exact) mass is 268 g/mol. The summed E-state index contributed by atoms with van der Waals surface area (Å²) in [5, 5.41) is 3.98. The number of nitrogens with one attached hydrogen (secondary N) is 1. The Morgan fingerprint density at radius 2 is 1.89 bits per heavy atom. The Hall–Kier alpha value is -2.08. The summed E-state index contributed by atoms with van der Waals surface area (Å²) in [7, 11) is 0. The van der Waals surface area contributed by atoms with Crippen LogP contribution in [-0.2, 0) is 0 Å². The van der Waals surface area contributed by atoms with E-state index < -0.39 is 11.6 Å². The summed E-state index contributed by atoms with van der Waals surface area (Å²) in [4.78, 5) is 7.66. The molecule has 1 heterocycles. The van der Waals surface area contributed by atoms with Gasteiger partial charge in [-0.2, -0.15) is 5.10 Å². The molecule has 0 fully saturated rings. The highest BCUT2D eigenvalue weighted by Gasteiger charge is 1.98. The van der Waals surface area contributed by atoms with Crippen LogP contribution in [0.1, 0.15) is 5.56 Å². The SMILES string of the molecule is Fc1cc(F)cc(/C=N/Nc2cncc(Cl)n2)c1. The maximum Gasteiger partial charge on any atom is 0.166 e. The molecule has 92 valence electrons. The summed E-state index contributed by atoms with van der Waals surface area (Å²) in [6.45, 7) is 0. The van der Waals surface area contributed by atoms with E-state index in [0.717, 1.165) is 18.2 Å². The molecule has 0 unspecified atom stereocenters. The van der Waals surface area contributed by atoms with Crippen molar-refractivity contribution in [2.24, 2.45) is 5.10 Å². The van der Waals surface area contributed by atoms with Crippen molar-refractivity contribution in [1.82, 2.24) is 9.97 Å². The number of hydrogen-bond donors (Lipinski definition) is 1. The van der Waals surface area contributed by atoms with Crippen LogP contribution in [0.15, 0.2) is 35.7 Å². The maximum absolute atomic E-state index is 12.9. The number of anilines is 1. The summed E-state index contributed by atoms with van der Waals surface area (Å²) in [6, 6.07) is 3.09. The average molecular weight is 269 g/mol. The lowest BCUT2D eigenvalue weighted by molar-refractivity contribution is 0.583. The predicted octanol–water partition coefficient (Wildman–Crippen LogP) is 2.85. The van der Waals surface area contributed by atoms with Gasteiger partial charge in [0.15, 0.2) is 5.82 Å². The fraction of sp³-hybridized carbons (Fsp3) is 0. The molecule has 2 aromatic rings. The molecule has 0 aliphatic carbocycles.